The van der Waals surface area contributed by atoms with Crippen LogP contribution in [0.2, 0.25) is 0 Å². The van der Waals surface area contributed by atoms with Crippen LogP contribution >= 0.6 is 11.8 Å². The molecule has 0 bridgehead atoms. The Morgan fingerprint density at radius 2 is 2.05 bits per heavy atom. The SMILES string of the molecule is COc1ccc(NC(=O)CSc2nnc(C)c(=O)[nH]2)cc1. The second-order valence-corrected chi connectivity index (χ2v) is 5.07. The van der Waals surface area contributed by atoms with E-state index in [4.69, 9.17) is 4.74 Å². The number of nitrogens with zero attached hydrogens (tertiary/aromatic N) is 2. The van der Waals surface area contributed by atoms with Gasteiger partial charge in [-0.25, -0.2) is 0 Å². The van der Waals surface area contributed by atoms with E-state index in [9.17, 15) is 9.59 Å². The van der Waals surface area contributed by atoms with E-state index in [1.807, 2.05) is 0 Å². The van der Waals surface area contributed by atoms with Gasteiger partial charge in [0.1, 0.15) is 11.4 Å². The molecule has 0 aliphatic carbocycles. The lowest BCUT2D eigenvalue weighted by Crippen LogP contribution is -2.17. The molecule has 0 spiro atoms. The molecular weight excluding hydrogens is 292 g/mol. The molecule has 21 heavy (non-hydrogen) atoms. The van der Waals surface area contributed by atoms with Crippen molar-refractivity contribution in [1.82, 2.24) is 15.2 Å². The molecule has 7 nitrogen and oxygen atoms in total. The van der Waals surface area contributed by atoms with Gasteiger partial charge in [0.15, 0.2) is 5.16 Å². The molecule has 0 unspecified atom stereocenters. The number of methoxy groups -OCH3 is 1. The summed E-state index contributed by atoms with van der Waals surface area (Å²) < 4.78 is 5.03. The van der Waals surface area contributed by atoms with Gasteiger partial charge >= 0.3 is 0 Å². The van der Waals surface area contributed by atoms with Gasteiger partial charge in [0.2, 0.25) is 5.91 Å². The first-order valence-electron chi connectivity index (χ1n) is 6.09. The zero-order valence-electron chi connectivity index (χ0n) is 11.5. The number of amides is 1. The van der Waals surface area contributed by atoms with E-state index >= 15 is 0 Å². The molecule has 0 saturated heterocycles. The maximum atomic E-state index is 11.8. The Balaban J connectivity index is 1.89. The zero-order valence-corrected chi connectivity index (χ0v) is 12.4. The molecule has 110 valence electrons. The molecule has 0 aliphatic heterocycles. The Kier molecular flexibility index (Phi) is 4.94. The molecule has 2 aromatic rings. The molecule has 0 fully saturated rings. The summed E-state index contributed by atoms with van der Waals surface area (Å²) in [6.07, 6.45) is 0. The molecule has 1 aromatic carbocycles. The van der Waals surface area contributed by atoms with Crippen LogP contribution in [0.25, 0.3) is 0 Å². The number of benzene rings is 1. The second-order valence-electron chi connectivity index (χ2n) is 4.11. The largest absolute Gasteiger partial charge is 0.497 e. The summed E-state index contributed by atoms with van der Waals surface area (Å²) in [5, 5.41) is 10.6. The zero-order chi connectivity index (χ0) is 15.2. The number of carbonyl (C=O) groups excluding carboxylic acids is 1. The Labute approximate surface area is 125 Å². The van der Waals surface area contributed by atoms with Crippen molar-refractivity contribution in [2.45, 2.75) is 12.1 Å². The van der Waals surface area contributed by atoms with Gasteiger partial charge in [0.25, 0.3) is 5.56 Å². The van der Waals surface area contributed by atoms with Crippen LogP contribution in [0.5, 0.6) is 5.75 Å². The van der Waals surface area contributed by atoms with Crippen LogP contribution in [-0.2, 0) is 4.79 Å². The number of thioether (sulfide) groups is 1. The van der Waals surface area contributed by atoms with Gasteiger partial charge < -0.3 is 10.1 Å². The highest BCUT2D eigenvalue weighted by Crippen LogP contribution is 2.16. The van der Waals surface area contributed by atoms with Crippen LogP contribution in [0.1, 0.15) is 5.69 Å². The van der Waals surface area contributed by atoms with Crippen molar-refractivity contribution in [3.63, 3.8) is 0 Å². The molecule has 0 saturated carbocycles. The first-order valence-corrected chi connectivity index (χ1v) is 7.07. The van der Waals surface area contributed by atoms with Crippen LogP contribution in [0.15, 0.2) is 34.2 Å². The normalized spacial score (nSPS) is 10.2. The number of nitrogens with one attached hydrogen (secondary N) is 2. The quantitative estimate of drug-likeness (QED) is 0.806. The van der Waals surface area contributed by atoms with Crippen molar-refractivity contribution >= 4 is 23.4 Å². The van der Waals surface area contributed by atoms with E-state index in [0.29, 0.717) is 16.5 Å². The van der Waals surface area contributed by atoms with Crippen molar-refractivity contribution < 1.29 is 9.53 Å². The lowest BCUT2D eigenvalue weighted by Gasteiger charge is -2.05. The van der Waals surface area contributed by atoms with Crippen molar-refractivity contribution in [3.8, 4) is 5.75 Å². The van der Waals surface area contributed by atoms with Crippen LogP contribution in [0, 0.1) is 6.92 Å². The third-order valence-electron chi connectivity index (χ3n) is 2.55. The minimum atomic E-state index is -0.303. The lowest BCUT2D eigenvalue weighted by atomic mass is 10.3. The van der Waals surface area contributed by atoms with E-state index in [0.717, 1.165) is 17.5 Å². The summed E-state index contributed by atoms with van der Waals surface area (Å²) in [6, 6.07) is 7.00. The smallest absolute Gasteiger partial charge is 0.273 e. The summed E-state index contributed by atoms with van der Waals surface area (Å²) in [4.78, 5) is 25.7. The third-order valence-corrected chi connectivity index (χ3v) is 3.42. The topological polar surface area (TPSA) is 97.0 Å². The number of H-pyrrole nitrogens is 1. The number of anilines is 1. The van der Waals surface area contributed by atoms with Crippen LogP contribution in [-0.4, -0.2) is 34.0 Å². The summed E-state index contributed by atoms with van der Waals surface area (Å²) in [6.45, 7) is 1.57. The fraction of sp³-hybridized carbons (Fsp3) is 0.231. The number of aryl methyl sites for hydroxylation is 1. The number of aromatic amines is 1. The van der Waals surface area contributed by atoms with Gasteiger partial charge in [-0.15, -0.1) is 10.2 Å². The molecule has 1 amide bonds. The highest BCUT2D eigenvalue weighted by molar-refractivity contribution is 7.99. The predicted octanol–water partition coefficient (Wildman–Crippen LogP) is 1.21. The van der Waals surface area contributed by atoms with Gasteiger partial charge in [0, 0.05) is 5.69 Å². The Hall–Kier alpha value is -2.35. The number of ether oxygens (including phenoxy) is 1. The van der Waals surface area contributed by atoms with E-state index in [1.54, 1.807) is 38.3 Å². The molecule has 2 rings (SSSR count). The van der Waals surface area contributed by atoms with E-state index in [1.165, 1.54) is 0 Å². The predicted molar refractivity (Wildman–Crippen MR) is 79.7 cm³/mol. The van der Waals surface area contributed by atoms with E-state index < -0.39 is 0 Å². The van der Waals surface area contributed by atoms with Gasteiger partial charge in [-0.3, -0.25) is 14.6 Å². The minimum Gasteiger partial charge on any atom is -0.497 e. The van der Waals surface area contributed by atoms with Gasteiger partial charge in [-0.05, 0) is 31.2 Å². The summed E-state index contributed by atoms with van der Waals surface area (Å²) in [7, 11) is 1.58. The molecule has 0 radical (unpaired) electrons. The van der Waals surface area contributed by atoms with Crippen LogP contribution in [0.4, 0.5) is 5.69 Å². The summed E-state index contributed by atoms with van der Waals surface area (Å²) in [5.74, 6) is 0.642. The van der Waals surface area contributed by atoms with E-state index in [-0.39, 0.29) is 17.2 Å². The molecule has 8 heteroatoms. The Morgan fingerprint density at radius 3 is 2.67 bits per heavy atom. The maximum Gasteiger partial charge on any atom is 0.273 e. The van der Waals surface area contributed by atoms with E-state index in [2.05, 4.69) is 20.5 Å². The monoisotopic (exact) mass is 306 g/mol. The molecular formula is C13H14N4O3S. The van der Waals surface area contributed by atoms with Crippen molar-refractivity contribution in [2.75, 3.05) is 18.2 Å². The highest BCUT2D eigenvalue weighted by atomic mass is 32.2. The maximum absolute atomic E-state index is 11.8. The lowest BCUT2D eigenvalue weighted by molar-refractivity contribution is -0.113. The molecule has 2 N–H and O–H groups in total. The third kappa shape index (κ3) is 4.32. The second kappa shape index (κ2) is 6.89. The van der Waals surface area contributed by atoms with Crippen molar-refractivity contribution in [1.29, 1.82) is 0 Å². The Morgan fingerprint density at radius 1 is 1.33 bits per heavy atom. The number of hydrogen-bond donors (Lipinski definition) is 2. The average molecular weight is 306 g/mol. The number of aromatic nitrogens is 3. The van der Waals surface area contributed by atoms with Gasteiger partial charge in [0.05, 0.1) is 12.9 Å². The molecule has 1 aromatic heterocycles. The van der Waals surface area contributed by atoms with Crippen LogP contribution < -0.4 is 15.6 Å². The fourth-order valence-electron chi connectivity index (χ4n) is 1.45. The first-order chi connectivity index (χ1) is 10.1. The van der Waals surface area contributed by atoms with Gasteiger partial charge in [-0.1, -0.05) is 11.8 Å². The fourth-order valence-corrected chi connectivity index (χ4v) is 2.05. The number of hydrogen-bond acceptors (Lipinski definition) is 6. The molecule has 0 aliphatic rings. The molecule has 1 heterocycles. The van der Waals surface area contributed by atoms with Gasteiger partial charge in [-0.2, -0.15) is 0 Å². The average Bonchev–Trinajstić information content (AvgIpc) is 2.49. The molecule has 0 atom stereocenters. The first kappa shape index (κ1) is 15.0. The standard InChI is InChI=1S/C13H14N4O3S/c1-8-12(19)15-13(17-16-8)21-7-11(18)14-9-3-5-10(20-2)6-4-9/h3-6H,7H2,1-2H3,(H,14,18)(H,15,17,19). The number of rotatable bonds is 5. The number of carbonyl (C=O) groups is 1. The Bertz CT molecular complexity index is 685. The minimum absolute atomic E-state index is 0.125. The van der Waals surface area contributed by atoms with Crippen LogP contribution in [0.3, 0.4) is 0 Å². The van der Waals surface area contributed by atoms with Crippen molar-refractivity contribution in [3.05, 3.63) is 40.3 Å². The highest BCUT2D eigenvalue weighted by Gasteiger charge is 2.06. The summed E-state index contributed by atoms with van der Waals surface area (Å²) >= 11 is 1.11. The summed E-state index contributed by atoms with van der Waals surface area (Å²) in [5.41, 5.74) is 0.662. The van der Waals surface area contributed by atoms with Crippen molar-refractivity contribution in [2.24, 2.45) is 0 Å².